The van der Waals surface area contributed by atoms with Gasteiger partial charge >= 0.3 is 0 Å². The lowest BCUT2D eigenvalue weighted by Crippen LogP contribution is -2.04. The molecule has 2 rings (SSSR count). The van der Waals surface area contributed by atoms with Gasteiger partial charge in [-0.1, -0.05) is 0 Å². The molecule has 0 saturated carbocycles. The quantitative estimate of drug-likeness (QED) is 0.880. The minimum absolute atomic E-state index is 0.751. The van der Waals surface area contributed by atoms with E-state index in [9.17, 15) is 0 Å². The van der Waals surface area contributed by atoms with Gasteiger partial charge in [-0.3, -0.25) is 4.98 Å². The molecule has 0 aliphatic heterocycles. The number of nitrogens with zero attached hydrogens (tertiary/aromatic N) is 3. The van der Waals surface area contributed by atoms with Crippen molar-refractivity contribution in [2.75, 3.05) is 5.32 Å². The number of nitrogens with one attached hydrogen (secondary N) is 1. The van der Waals surface area contributed by atoms with Crippen molar-refractivity contribution in [3.63, 3.8) is 0 Å². The normalized spacial score (nSPS) is 10.1. The van der Waals surface area contributed by atoms with E-state index in [2.05, 4.69) is 49.8 Å². The van der Waals surface area contributed by atoms with Crippen LogP contribution in [0.4, 0.5) is 5.82 Å². The van der Waals surface area contributed by atoms with Crippen LogP contribution >= 0.6 is 22.6 Å². The number of hydrogen-bond acceptors (Lipinski definition) is 4. The summed E-state index contributed by atoms with van der Waals surface area (Å²) in [6.45, 7) is 2.80. The van der Waals surface area contributed by atoms with Crippen molar-refractivity contribution in [1.29, 1.82) is 0 Å². The number of aromatic nitrogens is 3. The van der Waals surface area contributed by atoms with E-state index < -0.39 is 0 Å². The summed E-state index contributed by atoms with van der Waals surface area (Å²) in [6.07, 6.45) is 7.00. The summed E-state index contributed by atoms with van der Waals surface area (Å²) >= 11 is 2.21. The highest BCUT2D eigenvalue weighted by Crippen LogP contribution is 2.14. The van der Waals surface area contributed by atoms with Gasteiger partial charge in [0, 0.05) is 25.1 Å². The van der Waals surface area contributed by atoms with E-state index in [1.54, 1.807) is 18.7 Å². The number of aryl methyl sites for hydroxylation is 1. The molecular weight excluding hydrogens is 315 g/mol. The molecule has 2 aromatic heterocycles. The van der Waals surface area contributed by atoms with Crippen LogP contribution in [0.3, 0.4) is 0 Å². The third-order valence-electron chi connectivity index (χ3n) is 2.25. The molecule has 0 radical (unpaired) electrons. The summed E-state index contributed by atoms with van der Waals surface area (Å²) in [5, 5.41) is 3.28. The summed E-state index contributed by atoms with van der Waals surface area (Å²) in [5.41, 5.74) is 2.41. The first-order valence-corrected chi connectivity index (χ1v) is 5.94. The molecule has 0 aromatic carbocycles. The zero-order chi connectivity index (χ0) is 11.4. The molecule has 2 aromatic rings. The Balaban J connectivity index is 2.09. The number of anilines is 1. The van der Waals surface area contributed by atoms with E-state index in [0.29, 0.717) is 0 Å². The lowest BCUT2D eigenvalue weighted by molar-refractivity contribution is 1.05. The van der Waals surface area contributed by atoms with Crippen molar-refractivity contribution in [3.05, 3.63) is 45.7 Å². The van der Waals surface area contributed by atoms with Gasteiger partial charge in [-0.2, -0.15) is 0 Å². The van der Waals surface area contributed by atoms with Crippen LogP contribution in [0.1, 0.15) is 11.1 Å². The van der Waals surface area contributed by atoms with Crippen molar-refractivity contribution in [3.8, 4) is 0 Å². The zero-order valence-electron chi connectivity index (χ0n) is 8.81. The summed E-state index contributed by atoms with van der Waals surface area (Å²) in [5.74, 6) is 0.867. The Morgan fingerprint density at radius 2 is 2.19 bits per heavy atom. The Kier molecular flexibility index (Phi) is 3.66. The van der Waals surface area contributed by atoms with Crippen LogP contribution < -0.4 is 5.32 Å². The van der Waals surface area contributed by atoms with E-state index in [-0.39, 0.29) is 0 Å². The van der Waals surface area contributed by atoms with Gasteiger partial charge in [0.1, 0.15) is 12.1 Å². The third kappa shape index (κ3) is 2.66. The Labute approximate surface area is 108 Å². The average Bonchev–Trinajstić information content (AvgIpc) is 2.30. The molecule has 0 bridgehead atoms. The second-order valence-corrected chi connectivity index (χ2v) is 4.54. The van der Waals surface area contributed by atoms with E-state index >= 15 is 0 Å². The first kappa shape index (κ1) is 11.3. The van der Waals surface area contributed by atoms with Crippen molar-refractivity contribution >= 4 is 28.4 Å². The van der Waals surface area contributed by atoms with Crippen LogP contribution in [0, 0.1) is 10.5 Å². The second kappa shape index (κ2) is 5.20. The van der Waals surface area contributed by atoms with Gasteiger partial charge in [0.2, 0.25) is 0 Å². The van der Waals surface area contributed by atoms with Gasteiger partial charge in [0.05, 0.1) is 3.57 Å². The summed E-state index contributed by atoms with van der Waals surface area (Å²) < 4.78 is 1.02. The highest BCUT2D eigenvalue weighted by atomic mass is 127. The number of hydrogen-bond donors (Lipinski definition) is 1. The van der Waals surface area contributed by atoms with Crippen molar-refractivity contribution < 1.29 is 0 Å². The van der Waals surface area contributed by atoms with E-state index in [1.165, 1.54) is 11.1 Å². The molecule has 0 spiro atoms. The maximum atomic E-state index is 4.18. The standard InChI is InChI=1S/C11H11IN4/c1-8-4-13-3-2-9(8)5-15-11-10(12)6-14-7-16-11/h2-4,6-7H,5H2,1H3,(H,14,15,16). The molecule has 0 aliphatic carbocycles. The zero-order valence-corrected chi connectivity index (χ0v) is 11.0. The first-order chi connectivity index (χ1) is 7.77. The molecule has 16 heavy (non-hydrogen) atoms. The highest BCUT2D eigenvalue weighted by Gasteiger charge is 2.01. The predicted molar refractivity (Wildman–Crippen MR) is 71.0 cm³/mol. The minimum Gasteiger partial charge on any atom is -0.365 e. The predicted octanol–water partition coefficient (Wildman–Crippen LogP) is 2.40. The molecule has 0 aliphatic rings. The molecule has 0 amide bonds. The van der Waals surface area contributed by atoms with Gasteiger partial charge in [-0.15, -0.1) is 0 Å². The van der Waals surface area contributed by atoms with Crippen LogP contribution in [-0.4, -0.2) is 15.0 Å². The molecule has 0 saturated heterocycles. The summed E-state index contributed by atoms with van der Waals surface area (Å²) in [6, 6.07) is 2.01. The fraction of sp³-hybridized carbons (Fsp3) is 0.182. The molecule has 5 heteroatoms. The minimum atomic E-state index is 0.751. The van der Waals surface area contributed by atoms with Crippen LogP contribution in [0.5, 0.6) is 0 Å². The highest BCUT2D eigenvalue weighted by molar-refractivity contribution is 14.1. The molecule has 82 valence electrons. The smallest absolute Gasteiger partial charge is 0.143 e. The maximum Gasteiger partial charge on any atom is 0.143 e. The Morgan fingerprint density at radius 3 is 2.94 bits per heavy atom. The Bertz CT molecular complexity index is 441. The number of halogens is 1. The Hall–Kier alpha value is -1.24. The topological polar surface area (TPSA) is 50.7 Å². The molecular formula is C11H11IN4. The van der Waals surface area contributed by atoms with E-state index in [4.69, 9.17) is 0 Å². The molecule has 0 atom stereocenters. The lowest BCUT2D eigenvalue weighted by atomic mass is 10.1. The Morgan fingerprint density at radius 1 is 1.31 bits per heavy atom. The van der Waals surface area contributed by atoms with Crippen LogP contribution in [0.2, 0.25) is 0 Å². The summed E-state index contributed by atoms with van der Waals surface area (Å²) in [7, 11) is 0. The maximum absolute atomic E-state index is 4.18. The molecule has 1 N–H and O–H groups in total. The second-order valence-electron chi connectivity index (χ2n) is 3.37. The lowest BCUT2D eigenvalue weighted by Gasteiger charge is -2.08. The monoisotopic (exact) mass is 326 g/mol. The van der Waals surface area contributed by atoms with Crippen molar-refractivity contribution in [1.82, 2.24) is 15.0 Å². The summed E-state index contributed by atoms with van der Waals surface area (Å²) in [4.78, 5) is 12.2. The largest absolute Gasteiger partial charge is 0.365 e. The molecule has 0 unspecified atom stereocenters. The average molecular weight is 326 g/mol. The van der Waals surface area contributed by atoms with Crippen LogP contribution in [0.15, 0.2) is 31.0 Å². The molecule has 0 fully saturated rings. The first-order valence-electron chi connectivity index (χ1n) is 4.86. The van der Waals surface area contributed by atoms with E-state index in [1.807, 2.05) is 12.3 Å². The molecule has 2 heterocycles. The van der Waals surface area contributed by atoms with Crippen LogP contribution in [-0.2, 0) is 6.54 Å². The molecule has 4 nitrogen and oxygen atoms in total. The van der Waals surface area contributed by atoms with Gasteiger partial charge in [-0.05, 0) is 46.7 Å². The third-order valence-corrected chi connectivity index (χ3v) is 3.04. The van der Waals surface area contributed by atoms with Crippen molar-refractivity contribution in [2.24, 2.45) is 0 Å². The van der Waals surface area contributed by atoms with Gasteiger partial charge in [0.25, 0.3) is 0 Å². The van der Waals surface area contributed by atoms with Crippen molar-refractivity contribution in [2.45, 2.75) is 13.5 Å². The van der Waals surface area contributed by atoms with Gasteiger partial charge in [0.15, 0.2) is 0 Å². The number of pyridine rings is 1. The fourth-order valence-electron chi connectivity index (χ4n) is 1.32. The van der Waals surface area contributed by atoms with Gasteiger partial charge < -0.3 is 5.32 Å². The van der Waals surface area contributed by atoms with Gasteiger partial charge in [-0.25, -0.2) is 9.97 Å². The van der Waals surface area contributed by atoms with Crippen LogP contribution in [0.25, 0.3) is 0 Å². The SMILES string of the molecule is Cc1cnccc1CNc1ncncc1I. The van der Waals surface area contributed by atoms with E-state index in [0.717, 1.165) is 15.9 Å². The number of rotatable bonds is 3. The fourth-order valence-corrected chi connectivity index (χ4v) is 1.81.